The number of carbonyl (C=O) groups excluding carboxylic acids is 2. The standard InChI is InChI=1S/C19H21N3O3.ClH/c20-12-13-3-5-14(6-4-13)18(23)21-15-7-9-16(10-8-15)22-19(24)17-2-1-11-25-17;/h3-10,17H,1-2,11-12,20H2,(H,21,23)(H,22,24);1H. The first-order chi connectivity index (χ1) is 12.2. The lowest BCUT2D eigenvalue weighted by Gasteiger charge is -2.11. The first kappa shape index (κ1) is 19.9. The van der Waals surface area contributed by atoms with Gasteiger partial charge in [0.1, 0.15) is 6.10 Å². The lowest BCUT2D eigenvalue weighted by molar-refractivity contribution is -0.124. The zero-order valence-electron chi connectivity index (χ0n) is 14.2. The molecule has 1 heterocycles. The summed E-state index contributed by atoms with van der Waals surface area (Å²) in [4.78, 5) is 24.2. The van der Waals surface area contributed by atoms with E-state index >= 15 is 0 Å². The summed E-state index contributed by atoms with van der Waals surface area (Å²) in [6.07, 6.45) is 1.30. The zero-order chi connectivity index (χ0) is 17.6. The van der Waals surface area contributed by atoms with Crippen molar-refractivity contribution in [2.24, 2.45) is 5.73 Å². The van der Waals surface area contributed by atoms with Crippen LogP contribution in [0.4, 0.5) is 11.4 Å². The molecule has 1 aliphatic heterocycles. The number of benzene rings is 2. The van der Waals surface area contributed by atoms with E-state index in [1.165, 1.54) is 0 Å². The third-order valence-corrected chi connectivity index (χ3v) is 4.08. The van der Waals surface area contributed by atoms with E-state index in [1.807, 2.05) is 12.1 Å². The summed E-state index contributed by atoms with van der Waals surface area (Å²) >= 11 is 0. The molecule has 1 saturated heterocycles. The summed E-state index contributed by atoms with van der Waals surface area (Å²) in [5.41, 5.74) is 8.42. The topological polar surface area (TPSA) is 93.5 Å². The third-order valence-electron chi connectivity index (χ3n) is 4.08. The zero-order valence-corrected chi connectivity index (χ0v) is 15.1. The van der Waals surface area contributed by atoms with E-state index in [9.17, 15) is 9.59 Å². The van der Waals surface area contributed by atoms with Crippen LogP contribution in [0.3, 0.4) is 0 Å². The van der Waals surface area contributed by atoms with Gasteiger partial charge in [0.25, 0.3) is 11.8 Å². The molecule has 6 nitrogen and oxygen atoms in total. The summed E-state index contributed by atoms with van der Waals surface area (Å²) in [5, 5.41) is 5.64. The van der Waals surface area contributed by atoms with Crippen LogP contribution in [-0.4, -0.2) is 24.5 Å². The van der Waals surface area contributed by atoms with Gasteiger partial charge < -0.3 is 21.1 Å². The Hall–Kier alpha value is -2.41. The van der Waals surface area contributed by atoms with Crippen molar-refractivity contribution in [3.05, 3.63) is 59.7 Å². The molecule has 2 aromatic rings. The van der Waals surface area contributed by atoms with Gasteiger partial charge >= 0.3 is 0 Å². The van der Waals surface area contributed by atoms with Crippen LogP contribution in [0.15, 0.2) is 48.5 Å². The minimum atomic E-state index is -0.365. The average Bonchev–Trinajstić information content (AvgIpc) is 3.18. The Labute approximate surface area is 158 Å². The molecule has 2 amide bonds. The molecule has 0 saturated carbocycles. The fourth-order valence-electron chi connectivity index (χ4n) is 2.64. The molecule has 0 radical (unpaired) electrons. The Morgan fingerprint density at radius 3 is 2.15 bits per heavy atom. The van der Waals surface area contributed by atoms with Gasteiger partial charge in [0.15, 0.2) is 0 Å². The molecular weight excluding hydrogens is 354 g/mol. The van der Waals surface area contributed by atoms with Crippen LogP contribution in [0.1, 0.15) is 28.8 Å². The summed E-state index contributed by atoms with van der Waals surface area (Å²) in [5.74, 6) is -0.325. The molecule has 1 unspecified atom stereocenters. The van der Waals surface area contributed by atoms with E-state index in [2.05, 4.69) is 10.6 Å². The minimum absolute atomic E-state index is 0. The van der Waals surface area contributed by atoms with Crippen molar-refractivity contribution in [3.8, 4) is 0 Å². The first-order valence-corrected chi connectivity index (χ1v) is 8.28. The number of rotatable bonds is 5. The quantitative estimate of drug-likeness (QED) is 0.749. The smallest absolute Gasteiger partial charge is 0.255 e. The normalized spacial score (nSPS) is 15.8. The summed E-state index contributed by atoms with van der Waals surface area (Å²) < 4.78 is 5.35. The predicted octanol–water partition coefficient (Wildman–Crippen LogP) is 2.94. The van der Waals surface area contributed by atoms with Gasteiger partial charge in [-0.15, -0.1) is 12.4 Å². The summed E-state index contributed by atoms with van der Waals surface area (Å²) in [6, 6.07) is 14.1. The van der Waals surface area contributed by atoms with E-state index in [0.717, 1.165) is 18.4 Å². The average molecular weight is 376 g/mol. The van der Waals surface area contributed by atoms with E-state index in [0.29, 0.717) is 30.1 Å². The lowest BCUT2D eigenvalue weighted by atomic mass is 10.1. The molecule has 3 rings (SSSR count). The number of anilines is 2. The molecule has 26 heavy (non-hydrogen) atoms. The highest BCUT2D eigenvalue weighted by molar-refractivity contribution is 6.04. The largest absolute Gasteiger partial charge is 0.368 e. The first-order valence-electron chi connectivity index (χ1n) is 8.28. The van der Waals surface area contributed by atoms with Gasteiger partial charge in [-0.25, -0.2) is 0 Å². The van der Waals surface area contributed by atoms with Gasteiger partial charge in [-0.3, -0.25) is 9.59 Å². The lowest BCUT2D eigenvalue weighted by Crippen LogP contribution is -2.26. The third kappa shape index (κ3) is 5.05. The SMILES string of the molecule is Cl.NCc1ccc(C(=O)Nc2ccc(NC(=O)C3CCCO3)cc2)cc1. The number of halogens is 1. The molecule has 0 spiro atoms. The molecule has 2 aromatic carbocycles. The molecular formula is C19H22ClN3O3. The van der Waals surface area contributed by atoms with Crippen LogP contribution in [0, 0.1) is 0 Å². The molecule has 7 heteroatoms. The predicted molar refractivity (Wildman–Crippen MR) is 104 cm³/mol. The van der Waals surface area contributed by atoms with Crippen LogP contribution in [0.2, 0.25) is 0 Å². The van der Waals surface area contributed by atoms with Crippen molar-refractivity contribution in [1.29, 1.82) is 0 Å². The molecule has 0 aliphatic carbocycles. The maximum Gasteiger partial charge on any atom is 0.255 e. The maximum absolute atomic E-state index is 12.2. The monoisotopic (exact) mass is 375 g/mol. The molecule has 0 aromatic heterocycles. The summed E-state index contributed by atoms with van der Waals surface area (Å²) in [6.45, 7) is 1.08. The van der Waals surface area contributed by atoms with Gasteiger partial charge in [0.05, 0.1) is 0 Å². The van der Waals surface area contributed by atoms with E-state index in [4.69, 9.17) is 10.5 Å². The molecule has 4 N–H and O–H groups in total. The Bertz CT molecular complexity index is 742. The molecule has 138 valence electrons. The van der Waals surface area contributed by atoms with Crippen molar-refractivity contribution in [3.63, 3.8) is 0 Å². The van der Waals surface area contributed by atoms with Crippen molar-refractivity contribution in [2.75, 3.05) is 17.2 Å². The molecule has 1 atom stereocenters. The Balaban J connectivity index is 0.00000243. The van der Waals surface area contributed by atoms with Gasteiger partial charge in [-0.05, 0) is 54.8 Å². The number of hydrogen-bond donors (Lipinski definition) is 3. The van der Waals surface area contributed by atoms with Crippen LogP contribution >= 0.6 is 12.4 Å². The maximum atomic E-state index is 12.2. The highest BCUT2D eigenvalue weighted by atomic mass is 35.5. The van der Waals surface area contributed by atoms with E-state index < -0.39 is 0 Å². The van der Waals surface area contributed by atoms with Crippen LogP contribution in [0.25, 0.3) is 0 Å². The second kappa shape index (κ2) is 9.33. The van der Waals surface area contributed by atoms with Crippen molar-refractivity contribution in [2.45, 2.75) is 25.5 Å². The number of hydrogen-bond acceptors (Lipinski definition) is 4. The fourth-order valence-corrected chi connectivity index (χ4v) is 2.64. The Kier molecular flexibility index (Phi) is 7.15. The number of carbonyl (C=O) groups is 2. The fraction of sp³-hybridized carbons (Fsp3) is 0.263. The van der Waals surface area contributed by atoms with Crippen molar-refractivity contribution >= 4 is 35.6 Å². The van der Waals surface area contributed by atoms with Gasteiger partial charge in [0, 0.05) is 30.1 Å². The van der Waals surface area contributed by atoms with Gasteiger partial charge in [-0.2, -0.15) is 0 Å². The van der Waals surface area contributed by atoms with Gasteiger partial charge in [-0.1, -0.05) is 12.1 Å². The van der Waals surface area contributed by atoms with Gasteiger partial charge in [0.2, 0.25) is 0 Å². The molecule has 1 fully saturated rings. The second-order valence-corrected chi connectivity index (χ2v) is 5.92. The number of amides is 2. The Morgan fingerprint density at radius 1 is 1.00 bits per heavy atom. The van der Waals surface area contributed by atoms with Crippen LogP contribution in [0.5, 0.6) is 0 Å². The highest BCUT2D eigenvalue weighted by Gasteiger charge is 2.23. The second-order valence-electron chi connectivity index (χ2n) is 5.92. The molecule has 0 bridgehead atoms. The highest BCUT2D eigenvalue weighted by Crippen LogP contribution is 2.18. The van der Waals surface area contributed by atoms with Crippen LogP contribution < -0.4 is 16.4 Å². The molecule has 1 aliphatic rings. The minimum Gasteiger partial charge on any atom is -0.368 e. The van der Waals surface area contributed by atoms with Crippen LogP contribution in [-0.2, 0) is 16.1 Å². The number of nitrogens with one attached hydrogen (secondary N) is 2. The van der Waals surface area contributed by atoms with Crippen molar-refractivity contribution < 1.29 is 14.3 Å². The number of nitrogens with two attached hydrogens (primary N) is 1. The van der Waals surface area contributed by atoms with Crippen molar-refractivity contribution in [1.82, 2.24) is 0 Å². The number of ether oxygens (including phenoxy) is 1. The summed E-state index contributed by atoms with van der Waals surface area (Å²) in [7, 11) is 0. The van der Waals surface area contributed by atoms with E-state index in [1.54, 1.807) is 36.4 Å². The Morgan fingerprint density at radius 2 is 1.62 bits per heavy atom. The van der Waals surface area contributed by atoms with E-state index in [-0.39, 0.29) is 30.3 Å².